The van der Waals surface area contributed by atoms with E-state index in [1.165, 1.54) is 4.90 Å². The van der Waals surface area contributed by atoms with Gasteiger partial charge in [0.15, 0.2) is 5.82 Å². The minimum atomic E-state index is -0.827. The summed E-state index contributed by atoms with van der Waals surface area (Å²) < 4.78 is 28.6. The van der Waals surface area contributed by atoms with E-state index in [4.69, 9.17) is 5.73 Å². The number of aryl methyl sites for hydroxylation is 2. The molecule has 2 amide bonds. The number of carbonyl (C=O) groups is 2. The van der Waals surface area contributed by atoms with Crippen molar-refractivity contribution < 1.29 is 18.4 Å². The molecular formula is C16H17F2N5O2. The number of hydrogen-bond donors (Lipinski definition) is 1. The molecule has 1 aliphatic rings. The fraction of sp³-hybridized carbons (Fsp3) is 0.375. The molecule has 2 aromatic rings. The second-order valence-corrected chi connectivity index (χ2v) is 5.95. The first-order valence-electron chi connectivity index (χ1n) is 7.78. The third kappa shape index (κ3) is 3.35. The number of halogens is 2. The van der Waals surface area contributed by atoms with Crippen LogP contribution in [0.15, 0.2) is 18.2 Å². The van der Waals surface area contributed by atoms with Gasteiger partial charge in [0.05, 0.1) is 13.1 Å². The summed E-state index contributed by atoms with van der Waals surface area (Å²) in [5.74, 6) is -0.964. The molecule has 132 valence electrons. The van der Waals surface area contributed by atoms with E-state index in [9.17, 15) is 18.4 Å². The van der Waals surface area contributed by atoms with E-state index in [-0.39, 0.29) is 37.4 Å². The van der Waals surface area contributed by atoms with Crippen molar-refractivity contribution >= 4 is 11.8 Å². The lowest BCUT2D eigenvalue weighted by Crippen LogP contribution is -2.53. The molecule has 0 bridgehead atoms. The molecule has 2 N–H and O–H groups in total. The standard InChI is InChI=1S/C16H17F2N5O2/c1-9-20-21-14-8-23(13(16(19)25)7-22(9)14)15(24)5-2-10-6-11(17)3-4-12(10)18/h3-4,6,13H,2,5,7-8H2,1H3,(H2,19,25). The van der Waals surface area contributed by atoms with Crippen molar-refractivity contribution in [2.24, 2.45) is 5.73 Å². The third-order valence-electron chi connectivity index (χ3n) is 4.32. The summed E-state index contributed by atoms with van der Waals surface area (Å²) in [5.41, 5.74) is 5.54. The van der Waals surface area contributed by atoms with Crippen molar-refractivity contribution in [3.8, 4) is 0 Å². The Bertz CT molecular complexity index is 836. The fourth-order valence-corrected chi connectivity index (χ4v) is 2.94. The van der Waals surface area contributed by atoms with Crippen LogP contribution in [-0.4, -0.2) is 37.5 Å². The van der Waals surface area contributed by atoms with E-state index in [1.807, 2.05) is 0 Å². The van der Waals surface area contributed by atoms with E-state index in [0.29, 0.717) is 11.6 Å². The molecule has 9 heteroatoms. The van der Waals surface area contributed by atoms with Gasteiger partial charge in [-0.05, 0) is 37.1 Å². The van der Waals surface area contributed by atoms with E-state index in [2.05, 4.69) is 10.2 Å². The van der Waals surface area contributed by atoms with Gasteiger partial charge in [0, 0.05) is 6.42 Å². The van der Waals surface area contributed by atoms with Crippen molar-refractivity contribution in [1.82, 2.24) is 19.7 Å². The average molecular weight is 349 g/mol. The van der Waals surface area contributed by atoms with Gasteiger partial charge in [-0.25, -0.2) is 8.78 Å². The molecule has 1 aliphatic heterocycles. The summed E-state index contributed by atoms with van der Waals surface area (Å²) in [6.07, 6.45) is -0.0482. The van der Waals surface area contributed by atoms with E-state index >= 15 is 0 Å². The van der Waals surface area contributed by atoms with Gasteiger partial charge in [0.2, 0.25) is 11.8 Å². The van der Waals surface area contributed by atoms with Crippen LogP contribution in [-0.2, 0) is 29.1 Å². The number of amides is 2. The number of nitrogens with two attached hydrogens (primary N) is 1. The molecule has 1 aromatic heterocycles. The van der Waals surface area contributed by atoms with Gasteiger partial charge < -0.3 is 15.2 Å². The van der Waals surface area contributed by atoms with Crippen LogP contribution in [0.25, 0.3) is 0 Å². The number of carbonyl (C=O) groups excluding carboxylic acids is 2. The van der Waals surface area contributed by atoms with Crippen LogP contribution in [0.3, 0.4) is 0 Å². The van der Waals surface area contributed by atoms with Gasteiger partial charge in [0.25, 0.3) is 0 Å². The van der Waals surface area contributed by atoms with Crippen LogP contribution >= 0.6 is 0 Å². The number of rotatable bonds is 4. The molecule has 0 spiro atoms. The zero-order chi connectivity index (χ0) is 18.1. The van der Waals surface area contributed by atoms with Crippen LogP contribution in [0.1, 0.15) is 23.6 Å². The first kappa shape index (κ1) is 17.0. The normalized spacial score (nSPS) is 16.6. The van der Waals surface area contributed by atoms with Gasteiger partial charge >= 0.3 is 0 Å². The van der Waals surface area contributed by atoms with Crippen LogP contribution in [0.5, 0.6) is 0 Å². The highest BCUT2D eigenvalue weighted by atomic mass is 19.1. The van der Waals surface area contributed by atoms with Crippen LogP contribution in [0, 0.1) is 18.6 Å². The average Bonchev–Trinajstić information content (AvgIpc) is 2.94. The molecule has 2 heterocycles. The number of hydrogen-bond acceptors (Lipinski definition) is 4. The molecule has 0 fully saturated rings. The van der Waals surface area contributed by atoms with Crippen molar-refractivity contribution in [3.63, 3.8) is 0 Å². The quantitative estimate of drug-likeness (QED) is 0.879. The van der Waals surface area contributed by atoms with Crippen molar-refractivity contribution in [1.29, 1.82) is 0 Å². The summed E-state index contributed by atoms with van der Waals surface area (Å²) >= 11 is 0. The summed E-state index contributed by atoms with van der Waals surface area (Å²) in [5, 5.41) is 7.92. The molecule has 0 aliphatic carbocycles. The van der Waals surface area contributed by atoms with Gasteiger partial charge in [-0.2, -0.15) is 0 Å². The predicted molar refractivity (Wildman–Crippen MR) is 83.0 cm³/mol. The molecule has 0 saturated heterocycles. The predicted octanol–water partition coefficient (Wildman–Crippen LogP) is 0.694. The second kappa shape index (κ2) is 6.58. The lowest BCUT2D eigenvalue weighted by Gasteiger charge is -2.34. The van der Waals surface area contributed by atoms with Gasteiger partial charge in [-0.15, -0.1) is 10.2 Å². The Morgan fingerprint density at radius 3 is 2.80 bits per heavy atom. The summed E-state index contributed by atoms with van der Waals surface area (Å²) in [6.45, 7) is 2.03. The summed E-state index contributed by atoms with van der Waals surface area (Å²) in [4.78, 5) is 25.6. The minimum Gasteiger partial charge on any atom is -0.368 e. The molecule has 1 unspecified atom stereocenters. The molecule has 1 atom stereocenters. The lowest BCUT2D eigenvalue weighted by molar-refractivity contribution is -0.141. The lowest BCUT2D eigenvalue weighted by atomic mass is 10.1. The molecule has 0 radical (unpaired) electrons. The van der Waals surface area contributed by atoms with Crippen LogP contribution in [0.4, 0.5) is 8.78 Å². The highest BCUT2D eigenvalue weighted by Gasteiger charge is 2.34. The second-order valence-electron chi connectivity index (χ2n) is 5.95. The third-order valence-corrected chi connectivity index (χ3v) is 4.32. The van der Waals surface area contributed by atoms with E-state index < -0.39 is 23.6 Å². The van der Waals surface area contributed by atoms with Crippen LogP contribution < -0.4 is 5.73 Å². The maximum absolute atomic E-state index is 13.7. The Kier molecular flexibility index (Phi) is 4.47. The number of primary amides is 1. The van der Waals surface area contributed by atoms with Crippen LogP contribution in [0.2, 0.25) is 0 Å². The van der Waals surface area contributed by atoms with Crippen molar-refractivity contribution in [2.45, 2.75) is 38.9 Å². The zero-order valence-corrected chi connectivity index (χ0v) is 13.6. The molecule has 3 rings (SSSR count). The first-order valence-corrected chi connectivity index (χ1v) is 7.78. The van der Waals surface area contributed by atoms with Gasteiger partial charge in [-0.1, -0.05) is 0 Å². The molecule has 1 aromatic carbocycles. The molecule has 25 heavy (non-hydrogen) atoms. The maximum Gasteiger partial charge on any atom is 0.242 e. The Morgan fingerprint density at radius 1 is 1.32 bits per heavy atom. The molecule has 0 saturated carbocycles. The maximum atomic E-state index is 13.7. The molecular weight excluding hydrogens is 332 g/mol. The molecule has 7 nitrogen and oxygen atoms in total. The minimum absolute atomic E-state index is 0.0239. The first-order chi connectivity index (χ1) is 11.9. The summed E-state index contributed by atoms with van der Waals surface area (Å²) in [6, 6.07) is 2.27. The smallest absolute Gasteiger partial charge is 0.242 e. The Balaban J connectivity index is 1.76. The largest absolute Gasteiger partial charge is 0.368 e. The monoisotopic (exact) mass is 349 g/mol. The number of fused-ring (bicyclic) bond motifs is 1. The highest BCUT2D eigenvalue weighted by molar-refractivity contribution is 5.86. The number of nitrogens with zero attached hydrogens (tertiary/aromatic N) is 4. The SMILES string of the molecule is Cc1nnc2n1CC(C(N)=O)N(C(=O)CCc1cc(F)ccc1F)C2. The Hall–Kier alpha value is -2.84. The van der Waals surface area contributed by atoms with E-state index in [0.717, 1.165) is 18.2 Å². The van der Waals surface area contributed by atoms with Gasteiger partial charge in [-0.3, -0.25) is 9.59 Å². The zero-order valence-electron chi connectivity index (χ0n) is 13.6. The van der Waals surface area contributed by atoms with E-state index in [1.54, 1.807) is 11.5 Å². The fourth-order valence-electron chi connectivity index (χ4n) is 2.94. The number of benzene rings is 1. The van der Waals surface area contributed by atoms with Crippen molar-refractivity contribution in [2.75, 3.05) is 0 Å². The van der Waals surface area contributed by atoms with Crippen molar-refractivity contribution in [3.05, 3.63) is 47.0 Å². The topological polar surface area (TPSA) is 94.1 Å². The summed E-state index contributed by atoms with van der Waals surface area (Å²) in [7, 11) is 0. The number of aromatic nitrogens is 3. The van der Waals surface area contributed by atoms with Gasteiger partial charge in [0.1, 0.15) is 23.5 Å². The Morgan fingerprint density at radius 2 is 2.08 bits per heavy atom. The highest BCUT2D eigenvalue weighted by Crippen LogP contribution is 2.20. The Labute approximate surface area is 142 Å².